The summed E-state index contributed by atoms with van der Waals surface area (Å²) in [5.74, 6) is 0. The van der Waals surface area contributed by atoms with Gasteiger partial charge in [-0.25, -0.2) is 0 Å². The second-order valence-electron chi connectivity index (χ2n) is 0. The minimum Gasteiger partial charge on any atom is -0.577 e. The Morgan fingerprint density at radius 1 is 0.571 bits per heavy atom. The summed E-state index contributed by atoms with van der Waals surface area (Å²) in [6.45, 7) is 0. The molecule has 0 N–H and O–H groups in total. The summed E-state index contributed by atoms with van der Waals surface area (Å²) in [5.41, 5.74) is 17.2. The number of nitroso groups, excluding NO2 is 3. The molecule has 0 radical (unpaired) electrons. The molecule has 0 spiro atoms. The van der Waals surface area contributed by atoms with Crippen LogP contribution in [0, 0.1) is 14.7 Å². The van der Waals surface area contributed by atoms with Crippen LogP contribution < -0.4 is 0 Å². The smallest absolute Gasteiger partial charge is 0 e. The minimum absolute atomic E-state index is 0. The van der Waals surface area contributed by atoms with Gasteiger partial charge in [0, 0.05) is 19.5 Å². The van der Waals surface area contributed by atoms with Gasteiger partial charge in [0.15, 0.2) is 0 Å². The van der Waals surface area contributed by atoms with Crippen molar-refractivity contribution in [2.45, 2.75) is 0 Å². The molecule has 0 aromatic carbocycles. The molecular weight excluding hydrogens is 155 g/mol. The van der Waals surface area contributed by atoms with Gasteiger partial charge >= 0.3 is 0 Å². The summed E-state index contributed by atoms with van der Waals surface area (Å²) in [5, 5.41) is 0. The standard InChI is InChI=1S/3NO.Zn/c3*1-2;/q3*-1;. The molecule has 0 fully saturated rings. The molecule has 0 unspecified atom stereocenters. The molecule has 0 aliphatic carbocycles. The third-order valence-corrected chi connectivity index (χ3v) is 0. The molecule has 7 heteroatoms. The van der Waals surface area contributed by atoms with Crippen LogP contribution in [0.4, 0.5) is 0 Å². The molecule has 0 aliphatic rings. The maximum Gasteiger partial charge on any atom is 0 e. The van der Waals surface area contributed by atoms with E-state index in [-0.39, 0.29) is 19.5 Å². The number of hydrogen-bond donors (Lipinski definition) is 0. The first-order valence-corrected chi connectivity index (χ1v) is 0.548. The average molecular weight is 155 g/mol. The first kappa shape index (κ1) is 32.2. The van der Waals surface area contributed by atoms with Gasteiger partial charge in [0.05, 0.1) is 0 Å². The van der Waals surface area contributed by atoms with Crippen molar-refractivity contribution in [3.05, 3.63) is 31.5 Å². The predicted octanol–water partition coefficient (Wildman–Crippen LogP) is 0.964. The Morgan fingerprint density at radius 3 is 0.571 bits per heavy atom. The SMILES string of the molecule is [N-]=O.[N-]=O.[N-]=O.[Zn]. The Morgan fingerprint density at radius 2 is 0.571 bits per heavy atom. The molecule has 0 saturated carbocycles. The summed E-state index contributed by atoms with van der Waals surface area (Å²) in [6, 6.07) is 0. The first-order chi connectivity index (χ1) is 3.00. The summed E-state index contributed by atoms with van der Waals surface area (Å²) in [6.07, 6.45) is 0. The van der Waals surface area contributed by atoms with Gasteiger partial charge in [-0.15, -0.1) is 0 Å². The van der Waals surface area contributed by atoms with E-state index in [0.717, 1.165) is 0 Å². The molecule has 0 rings (SSSR count). The predicted molar refractivity (Wildman–Crippen MR) is 20.2 cm³/mol. The maximum absolute atomic E-state index is 7.25. The van der Waals surface area contributed by atoms with Gasteiger partial charge in [-0.2, -0.15) is 0 Å². The van der Waals surface area contributed by atoms with Gasteiger partial charge in [-0.05, 0) is 0 Å². The van der Waals surface area contributed by atoms with Crippen molar-refractivity contribution in [1.29, 1.82) is 0 Å². The fraction of sp³-hybridized carbons (Fsp3) is 0. The number of nitrogens with zero attached hydrogens (tertiary/aromatic N) is 3. The van der Waals surface area contributed by atoms with Crippen LogP contribution in [-0.2, 0) is 19.5 Å². The van der Waals surface area contributed by atoms with E-state index in [1.807, 2.05) is 0 Å². The summed E-state index contributed by atoms with van der Waals surface area (Å²) in [7, 11) is 0. The van der Waals surface area contributed by atoms with Crippen molar-refractivity contribution >= 4 is 0 Å². The van der Waals surface area contributed by atoms with Crippen molar-refractivity contribution in [3.8, 4) is 0 Å². The van der Waals surface area contributed by atoms with E-state index in [1.165, 1.54) is 0 Å². The average Bonchev–Trinajstić information content (AvgIpc) is 1.81. The Kier molecular flexibility index (Phi) is 1470. The molecule has 38 valence electrons. The largest absolute Gasteiger partial charge is 0.577 e. The Bertz CT molecular complexity index is 14.9. The van der Waals surface area contributed by atoms with E-state index in [9.17, 15) is 0 Å². The van der Waals surface area contributed by atoms with Gasteiger partial charge in [0.2, 0.25) is 0 Å². The molecule has 0 aromatic rings. The van der Waals surface area contributed by atoms with Crippen molar-refractivity contribution in [1.82, 2.24) is 0 Å². The monoisotopic (exact) mass is 154 g/mol. The Labute approximate surface area is 51.7 Å². The minimum atomic E-state index is 0. The van der Waals surface area contributed by atoms with Crippen LogP contribution in [0.15, 0.2) is 0 Å². The Hall–Kier alpha value is -0.577. The molecule has 0 atom stereocenters. The summed E-state index contributed by atoms with van der Waals surface area (Å²) < 4.78 is 0. The molecular formula is N3O3Zn-3. The molecule has 7 heavy (non-hydrogen) atoms. The number of hydrogen-bond acceptors (Lipinski definition) is 3. The molecule has 0 aliphatic heterocycles. The Balaban J connectivity index is -0.00000000900. The van der Waals surface area contributed by atoms with E-state index < -0.39 is 0 Å². The van der Waals surface area contributed by atoms with Crippen LogP contribution in [0.2, 0.25) is 0 Å². The second kappa shape index (κ2) is 319. The van der Waals surface area contributed by atoms with E-state index in [4.69, 9.17) is 31.5 Å². The van der Waals surface area contributed by atoms with Crippen molar-refractivity contribution < 1.29 is 19.5 Å². The molecule has 0 bridgehead atoms. The van der Waals surface area contributed by atoms with Gasteiger partial charge < -0.3 is 31.5 Å². The topological polar surface area (TPSA) is 118 Å². The fourth-order valence-corrected chi connectivity index (χ4v) is 0. The number of rotatable bonds is 0. The quantitative estimate of drug-likeness (QED) is 0.485. The van der Waals surface area contributed by atoms with Crippen LogP contribution in [-0.4, -0.2) is 0 Å². The van der Waals surface area contributed by atoms with Crippen molar-refractivity contribution in [2.24, 2.45) is 0 Å². The van der Waals surface area contributed by atoms with E-state index in [2.05, 4.69) is 0 Å². The normalized spacial score (nSPS) is 1.71. The van der Waals surface area contributed by atoms with Crippen LogP contribution in [0.3, 0.4) is 0 Å². The van der Waals surface area contributed by atoms with E-state index >= 15 is 0 Å². The molecule has 0 amide bonds. The van der Waals surface area contributed by atoms with Gasteiger partial charge in [0.25, 0.3) is 0 Å². The van der Waals surface area contributed by atoms with Gasteiger partial charge in [-0.3, -0.25) is 0 Å². The van der Waals surface area contributed by atoms with Crippen LogP contribution in [0.5, 0.6) is 0 Å². The van der Waals surface area contributed by atoms with E-state index in [1.54, 1.807) is 0 Å². The maximum atomic E-state index is 7.25. The summed E-state index contributed by atoms with van der Waals surface area (Å²) >= 11 is 0. The zero-order chi connectivity index (χ0) is 6.00. The molecule has 6 nitrogen and oxygen atoms in total. The molecule has 0 heterocycles. The third kappa shape index (κ3) is 191. The second-order valence-corrected chi connectivity index (χ2v) is 0. The zero-order valence-electron chi connectivity index (χ0n) is 3.27. The summed E-state index contributed by atoms with van der Waals surface area (Å²) in [4.78, 5) is 21.8. The van der Waals surface area contributed by atoms with Gasteiger partial charge in [0.1, 0.15) is 0 Å². The van der Waals surface area contributed by atoms with Crippen LogP contribution in [0.1, 0.15) is 0 Å². The fourth-order valence-electron chi connectivity index (χ4n) is 0. The van der Waals surface area contributed by atoms with Crippen molar-refractivity contribution in [2.75, 3.05) is 0 Å². The van der Waals surface area contributed by atoms with Gasteiger partial charge in [-0.1, -0.05) is 0 Å². The third-order valence-electron chi connectivity index (χ3n) is 0. The van der Waals surface area contributed by atoms with Crippen molar-refractivity contribution in [3.63, 3.8) is 0 Å². The van der Waals surface area contributed by atoms with Crippen LogP contribution in [0.25, 0.3) is 16.8 Å². The zero-order valence-corrected chi connectivity index (χ0v) is 6.24. The molecule has 0 saturated heterocycles. The van der Waals surface area contributed by atoms with Crippen LogP contribution >= 0.6 is 0 Å². The first-order valence-electron chi connectivity index (χ1n) is 0.548. The molecule has 0 aromatic heterocycles. The van der Waals surface area contributed by atoms with E-state index in [0.29, 0.717) is 0 Å².